The van der Waals surface area contributed by atoms with Gasteiger partial charge in [-0.15, -0.1) is 0 Å². The number of sulfonamides is 1. The topological polar surface area (TPSA) is 140 Å². The maximum absolute atomic E-state index is 13.2. The number of phenolic OH excluding ortho intramolecular Hbond substituents is 1. The van der Waals surface area contributed by atoms with Gasteiger partial charge in [0.1, 0.15) is 10.6 Å². The summed E-state index contributed by atoms with van der Waals surface area (Å²) in [4.78, 5) is 8.81. The first-order valence-electron chi connectivity index (χ1n) is 11.2. The van der Waals surface area contributed by atoms with Gasteiger partial charge in [-0.25, -0.2) is 18.4 Å². The summed E-state index contributed by atoms with van der Waals surface area (Å²) < 4.78 is 27.8. The van der Waals surface area contributed by atoms with E-state index in [1.165, 1.54) is 4.31 Å². The molecule has 2 aromatic carbocycles. The number of aromatic hydroxyl groups is 1. The predicted molar refractivity (Wildman–Crippen MR) is 136 cm³/mol. The lowest BCUT2D eigenvalue weighted by Crippen LogP contribution is -2.46. The fourth-order valence-electron chi connectivity index (χ4n) is 3.62. The van der Waals surface area contributed by atoms with Gasteiger partial charge in [-0.3, -0.25) is 0 Å². The van der Waals surface area contributed by atoms with Gasteiger partial charge in [-0.1, -0.05) is 24.3 Å². The van der Waals surface area contributed by atoms with Gasteiger partial charge in [0.2, 0.25) is 16.0 Å². The summed E-state index contributed by atoms with van der Waals surface area (Å²) in [6.07, 6.45) is 7.00. The van der Waals surface area contributed by atoms with Crippen LogP contribution in [0.1, 0.15) is 11.1 Å². The van der Waals surface area contributed by atoms with Crippen molar-refractivity contribution in [2.45, 2.75) is 4.90 Å². The minimum Gasteiger partial charge on any atom is -0.508 e. The number of benzene rings is 2. The lowest BCUT2D eigenvalue weighted by atomic mass is 10.2. The van der Waals surface area contributed by atoms with Gasteiger partial charge in [0.05, 0.1) is 12.3 Å². The lowest BCUT2D eigenvalue weighted by Gasteiger charge is -2.27. The van der Waals surface area contributed by atoms with Crippen LogP contribution in [0.5, 0.6) is 5.75 Å². The van der Waals surface area contributed by atoms with Gasteiger partial charge < -0.3 is 26.2 Å². The SMILES string of the molecule is O=S(=O)(c1ccc(Nc2ncc(C=Cc3cccc(O)c3)cn2)cc1NCCO)N1CCNCC1. The number of rotatable bonds is 9. The molecule has 1 aromatic heterocycles. The molecule has 0 amide bonds. The van der Waals surface area contributed by atoms with Crippen LogP contribution >= 0.6 is 0 Å². The molecule has 1 fully saturated rings. The Hall–Kier alpha value is -3.51. The average Bonchev–Trinajstić information content (AvgIpc) is 2.87. The van der Waals surface area contributed by atoms with Gasteiger partial charge in [0.15, 0.2) is 0 Å². The second kappa shape index (κ2) is 11.3. The van der Waals surface area contributed by atoms with Crippen LogP contribution in [-0.2, 0) is 10.0 Å². The van der Waals surface area contributed by atoms with Gasteiger partial charge in [0, 0.05) is 56.4 Å². The standard InChI is InChI=1S/C24H28N6O4S/c31-13-10-26-22-15-20(6-7-23(22)35(33,34)30-11-8-25-9-12-30)29-24-27-16-19(17-28-24)5-4-18-2-1-3-21(32)14-18/h1-7,14-17,25-26,31-32H,8-13H2,(H,27,28,29). The van der Waals surface area contributed by atoms with E-state index in [1.807, 2.05) is 18.2 Å². The fourth-order valence-corrected chi connectivity index (χ4v) is 5.21. The van der Waals surface area contributed by atoms with E-state index in [-0.39, 0.29) is 23.8 Å². The van der Waals surface area contributed by atoms with Crippen LogP contribution < -0.4 is 16.0 Å². The molecule has 11 heteroatoms. The number of hydrogen-bond donors (Lipinski definition) is 5. The largest absolute Gasteiger partial charge is 0.508 e. The number of nitrogens with one attached hydrogen (secondary N) is 3. The summed E-state index contributed by atoms with van der Waals surface area (Å²) >= 11 is 0. The molecule has 2 heterocycles. The summed E-state index contributed by atoms with van der Waals surface area (Å²) in [6.45, 7) is 2.10. The summed E-state index contributed by atoms with van der Waals surface area (Å²) in [6, 6.07) is 11.8. The van der Waals surface area contributed by atoms with Crippen molar-refractivity contribution in [3.63, 3.8) is 0 Å². The molecule has 3 aromatic rings. The zero-order valence-electron chi connectivity index (χ0n) is 19.1. The summed E-state index contributed by atoms with van der Waals surface area (Å²) in [5.41, 5.74) is 2.63. The van der Waals surface area contributed by atoms with Crippen molar-refractivity contribution in [1.82, 2.24) is 19.6 Å². The summed E-state index contributed by atoms with van der Waals surface area (Å²) in [5, 5.41) is 28.0. The first-order chi connectivity index (χ1) is 17.0. The predicted octanol–water partition coefficient (Wildman–Crippen LogP) is 2.09. The number of aliphatic hydroxyl groups excluding tert-OH is 1. The normalized spacial score (nSPS) is 14.8. The van der Waals surface area contributed by atoms with Crippen LogP contribution in [0.25, 0.3) is 12.2 Å². The van der Waals surface area contributed by atoms with Gasteiger partial charge in [-0.05, 0) is 35.9 Å². The minimum atomic E-state index is -3.68. The molecule has 0 aliphatic carbocycles. The second-order valence-corrected chi connectivity index (χ2v) is 9.82. The number of nitrogens with zero attached hydrogens (tertiary/aromatic N) is 3. The van der Waals surface area contributed by atoms with Crippen LogP contribution in [0.2, 0.25) is 0 Å². The Kier molecular flexibility index (Phi) is 7.93. The molecule has 0 atom stereocenters. The Morgan fingerprint density at radius 2 is 1.77 bits per heavy atom. The molecule has 0 radical (unpaired) electrons. The molecule has 5 N–H and O–H groups in total. The molecule has 0 spiro atoms. The summed E-state index contributed by atoms with van der Waals surface area (Å²) in [7, 11) is -3.68. The highest BCUT2D eigenvalue weighted by Gasteiger charge is 2.28. The van der Waals surface area contributed by atoms with E-state index in [0.29, 0.717) is 43.5 Å². The van der Waals surface area contributed by atoms with Gasteiger partial charge in [0.25, 0.3) is 0 Å². The quantitative estimate of drug-likeness (QED) is 0.301. The van der Waals surface area contributed by atoms with Crippen molar-refractivity contribution in [3.8, 4) is 5.75 Å². The minimum absolute atomic E-state index is 0.133. The van der Waals surface area contributed by atoms with E-state index in [0.717, 1.165) is 11.1 Å². The van der Waals surface area contributed by atoms with Crippen molar-refractivity contribution in [2.75, 3.05) is 50.0 Å². The number of anilines is 3. The van der Waals surface area contributed by atoms with E-state index in [1.54, 1.807) is 48.8 Å². The monoisotopic (exact) mass is 496 g/mol. The molecular weight excluding hydrogens is 468 g/mol. The van der Waals surface area contributed by atoms with Crippen LogP contribution in [0.15, 0.2) is 59.8 Å². The molecular formula is C24H28N6O4S. The molecule has 35 heavy (non-hydrogen) atoms. The maximum Gasteiger partial charge on any atom is 0.245 e. The van der Waals surface area contributed by atoms with E-state index in [2.05, 4.69) is 25.9 Å². The van der Waals surface area contributed by atoms with Crippen LogP contribution in [0.4, 0.5) is 17.3 Å². The van der Waals surface area contributed by atoms with E-state index in [9.17, 15) is 18.6 Å². The van der Waals surface area contributed by atoms with Crippen molar-refractivity contribution < 1.29 is 18.6 Å². The van der Waals surface area contributed by atoms with Crippen LogP contribution in [-0.4, -0.2) is 72.2 Å². The van der Waals surface area contributed by atoms with Crippen molar-refractivity contribution >= 4 is 39.5 Å². The highest BCUT2D eigenvalue weighted by Crippen LogP contribution is 2.29. The number of piperazine rings is 1. The Morgan fingerprint density at radius 3 is 2.49 bits per heavy atom. The first kappa shape index (κ1) is 24.6. The van der Waals surface area contributed by atoms with Crippen molar-refractivity contribution in [1.29, 1.82) is 0 Å². The van der Waals surface area contributed by atoms with E-state index in [4.69, 9.17) is 0 Å². The molecule has 0 saturated carbocycles. The number of aliphatic hydroxyl groups is 1. The highest BCUT2D eigenvalue weighted by molar-refractivity contribution is 7.89. The number of hydrogen-bond acceptors (Lipinski definition) is 9. The Morgan fingerprint density at radius 1 is 1.03 bits per heavy atom. The number of aromatic nitrogens is 2. The lowest BCUT2D eigenvalue weighted by molar-refractivity contribution is 0.311. The van der Waals surface area contributed by atoms with Gasteiger partial charge in [-0.2, -0.15) is 4.31 Å². The smallest absolute Gasteiger partial charge is 0.245 e. The fraction of sp³-hybridized carbons (Fsp3) is 0.250. The molecule has 184 valence electrons. The second-order valence-electron chi connectivity index (χ2n) is 7.91. The Balaban J connectivity index is 1.50. The zero-order valence-corrected chi connectivity index (χ0v) is 19.9. The average molecular weight is 497 g/mol. The molecule has 1 saturated heterocycles. The third-order valence-corrected chi connectivity index (χ3v) is 7.32. The number of phenols is 1. The van der Waals surface area contributed by atoms with Gasteiger partial charge >= 0.3 is 0 Å². The van der Waals surface area contributed by atoms with Crippen molar-refractivity contribution in [2.24, 2.45) is 0 Å². The summed E-state index contributed by atoms with van der Waals surface area (Å²) in [5.74, 6) is 0.549. The zero-order chi connectivity index (χ0) is 24.7. The van der Waals surface area contributed by atoms with Crippen molar-refractivity contribution in [3.05, 3.63) is 66.0 Å². The highest BCUT2D eigenvalue weighted by atomic mass is 32.2. The molecule has 10 nitrogen and oxygen atoms in total. The maximum atomic E-state index is 13.2. The Bertz CT molecular complexity index is 1280. The first-order valence-corrected chi connectivity index (χ1v) is 12.7. The molecule has 0 unspecified atom stereocenters. The molecule has 4 rings (SSSR count). The van der Waals surface area contributed by atoms with E-state index < -0.39 is 10.0 Å². The molecule has 1 aliphatic rings. The molecule has 1 aliphatic heterocycles. The third-order valence-electron chi connectivity index (χ3n) is 5.37. The Labute approximate surface area is 204 Å². The third kappa shape index (κ3) is 6.34. The van der Waals surface area contributed by atoms with Crippen LogP contribution in [0, 0.1) is 0 Å². The van der Waals surface area contributed by atoms with Crippen LogP contribution in [0.3, 0.4) is 0 Å². The van der Waals surface area contributed by atoms with E-state index >= 15 is 0 Å². The molecule has 0 bridgehead atoms.